The zero-order valence-electron chi connectivity index (χ0n) is 23.5. The summed E-state index contributed by atoms with van der Waals surface area (Å²) < 4.78 is 22.1. The third kappa shape index (κ3) is 5.12. The van der Waals surface area contributed by atoms with E-state index in [1.165, 1.54) is 0 Å². The van der Waals surface area contributed by atoms with E-state index in [1.807, 2.05) is 29.2 Å². The Labute approximate surface area is 229 Å². The van der Waals surface area contributed by atoms with Gasteiger partial charge in [0.2, 0.25) is 5.75 Å². The predicted octanol–water partition coefficient (Wildman–Crippen LogP) is 5.51. The Hall–Kier alpha value is -3.81. The van der Waals surface area contributed by atoms with Crippen LogP contribution in [0.4, 0.5) is 0 Å². The van der Waals surface area contributed by atoms with Gasteiger partial charge in [-0.1, -0.05) is 39.0 Å². The topological polar surface area (TPSA) is 87.2 Å². The fraction of sp³-hybridized carbons (Fsp3) is 0.452. The molecule has 1 amide bonds. The summed E-state index contributed by atoms with van der Waals surface area (Å²) in [6.45, 7) is 7.22. The number of fused-ring (bicyclic) bond motifs is 3. The summed E-state index contributed by atoms with van der Waals surface area (Å²) in [5.41, 5.74) is 2.50. The number of likely N-dealkylation sites (tertiary alicyclic amines) is 1. The number of ether oxygens (including phenoxy) is 4. The first kappa shape index (κ1) is 26.8. The normalized spacial score (nSPS) is 21.5. The maximum Gasteiger partial charge on any atom is 0.339 e. The third-order valence-corrected chi connectivity index (χ3v) is 7.96. The number of pyridine rings is 1. The van der Waals surface area contributed by atoms with Crippen molar-refractivity contribution in [3.05, 3.63) is 48.0 Å². The van der Waals surface area contributed by atoms with Crippen molar-refractivity contribution in [3.63, 3.8) is 0 Å². The second kappa shape index (κ2) is 10.1. The van der Waals surface area contributed by atoms with Crippen LogP contribution >= 0.6 is 0 Å². The molecule has 1 saturated heterocycles. The van der Waals surface area contributed by atoms with Crippen LogP contribution in [0.2, 0.25) is 0 Å². The van der Waals surface area contributed by atoms with E-state index in [4.69, 9.17) is 23.9 Å². The van der Waals surface area contributed by atoms with Gasteiger partial charge in [-0.05, 0) is 54.4 Å². The number of benzene rings is 2. The summed E-state index contributed by atoms with van der Waals surface area (Å²) >= 11 is 0. The molecule has 206 valence electrons. The summed E-state index contributed by atoms with van der Waals surface area (Å²) in [6, 6.07) is 12.8. The van der Waals surface area contributed by atoms with Gasteiger partial charge in [-0.25, -0.2) is 9.78 Å². The van der Waals surface area contributed by atoms with Crippen LogP contribution in [0, 0.1) is 10.8 Å². The molecule has 1 aromatic heterocycles. The minimum Gasteiger partial charge on any atom is -0.493 e. The number of carbonyl (C=O) groups excluding carboxylic acids is 2. The summed E-state index contributed by atoms with van der Waals surface area (Å²) in [7, 11) is 4.63. The molecule has 0 N–H and O–H groups in total. The third-order valence-electron chi connectivity index (χ3n) is 7.96. The fourth-order valence-corrected chi connectivity index (χ4v) is 6.76. The Balaban J connectivity index is 1.42. The number of esters is 1. The lowest BCUT2D eigenvalue weighted by Gasteiger charge is -2.39. The summed E-state index contributed by atoms with van der Waals surface area (Å²) in [6.07, 6.45) is 3.06. The van der Waals surface area contributed by atoms with E-state index in [0.29, 0.717) is 51.5 Å². The van der Waals surface area contributed by atoms with Crippen LogP contribution in [0.5, 0.6) is 17.2 Å². The van der Waals surface area contributed by atoms with Gasteiger partial charge in [-0.2, -0.15) is 0 Å². The molecular formula is C31H36N2O6. The molecule has 8 heteroatoms. The average molecular weight is 533 g/mol. The van der Waals surface area contributed by atoms with Crippen LogP contribution in [0.25, 0.3) is 22.2 Å². The van der Waals surface area contributed by atoms with Crippen molar-refractivity contribution in [1.29, 1.82) is 0 Å². The van der Waals surface area contributed by atoms with Crippen molar-refractivity contribution in [2.24, 2.45) is 10.8 Å². The molecule has 1 saturated carbocycles. The maximum atomic E-state index is 13.4. The van der Waals surface area contributed by atoms with E-state index in [2.05, 4.69) is 20.8 Å². The van der Waals surface area contributed by atoms with Gasteiger partial charge < -0.3 is 23.8 Å². The highest BCUT2D eigenvalue weighted by Crippen LogP contribution is 2.52. The summed E-state index contributed by atoms with van der Waals surface area (Å²) in [4.78, 5) is 33.3. The fourth-order valence-electron chi connectivity index (χ4n) is 6.76. The lowest BCUT2D eigenvalue weighted by Crippen LogP contribution is -2.39. The molecule has 0 spiro atoms. The molecule has 3 aromatic rings. The zero-order valence-corrected chi connectivity index (χ0v) is 23.5. The van der Waals surface area contributed by atoms with Crippen LogP contribution in [-0.4, -0.2) is 62.3 Å². The highest BCUT2D eigenvalue weighted by molar-refractivity contribution is 6.05. The van der Waals surface area contributed by atoms with E-state index >= 15 is 0 Å². The predicted molar refractivity (Wildman–Crippen MR) is 148 cm³/mol. The number of aromatic nitrogens is 1. The van der Waals surface area contributed by atoms with Crippen molar-refractivity contribution in [2.45, 2.75) is 46.1 Å². The molecule has 1 aliphatic heterocycles. The van der Waals surface area contributed by atoms with Crippen molar-refractivity contribution in [1.82, 2.24) is 9.88 Å². The van der Waals surface area contributed by atoms with Gasteiger partial charge in [0.25, 0.3) is 5.91 Å². The van der Waals surface area contributed by atoms with E-state index in [9.17, 15) is 9.59 Å². The highest BCUT2D eigenvalue weighted by Gasteiger charge is 2.51. The van der Waals surface area contributed by atoms with Crippen molar-refractivity contribution >= 4 is 22.8 Å². The molecule has 8 nitrogen and oxygen atoms in total. The molecule has 2 aliphatic rings. The number of amides is 1. The molecule has 2 aromatic carbocycles. The monoisotopic (exact) mass is 532 g/mol. The molecule has 2 fully saturated rings. The lowest BCUT2D eigenvalue weighted by atomic mass is 9.65. The van der Waals surface area contributed by atoms with E-state index < -0.39 is 5.97 Å². The molecule has 1 aliphatic carbocycles. The van der Waals surface area contributed by atoms with Crippen LogP contribution in [0.15, 0.2) is 42.5 Å². The van der Waals surface area contributed by atoms with Gasteiger partial charge in [-0.3, -0.25) is 4.79 Å². The number of nitrogens with zero attached hydrogens (tertiary/aromatic N) is 2. The van der Waals surface area contributed by atoms with Crippen LogP contribution in [0.1, 0.15) is 50.4 Å². The van der Waals surface area contributed by atoms with Crippen LogP contribution < -0.4 is 14.2 Å². The minimum atomic E-state index is -0.565. The Morgan fingerprint density at radius 2 is 1.67 bits per heavy atom. The number of hydrogen-bond acceptors (Lipinski definition) is 7. The quantitative estimate of drug-likeness (QED) is 0.371. The largest absolute Gasteiger partial charge is 0.493 e. The van der Waals surface area contributed by atoms with Crippen molar-refractivity contribution in [3.8, 4) is 28.5 Å². The first-order valence-corrected chi connectivity index (χ1v) is 13.2. The smallest absolute Gasteiger partial charge is 0.339 e. The van der Waals surface area contributed by atoms with E-state index in [-0.39, 0.29) is 29.4 Å². The van der Waals surface area contributed by atoms with Gasteiger partial charge in [0, 0.05) is 23.5 Å². The number of rotatable bonds is 7. The molecular weight excluding hydrogens is 496 g/mol. The molecule has 2 unspecified atom stereocenters. The minimum absolute atomic E-state index is 0.114. The van der Waals surface area contributed by atoms with E-state index in [1.54, 1.807) is 39.5 Å². The van der Waals surface area contributed by atoms with Gasteiger partial charge in [0.1, 0.15) is 0 Å². The highest BCUT2D eigenvalue weighted by atomic mass is 16.5. The lowest BCUT2D eigenvalue weighted by molar-refractivity contribution is -0.135. The number of carbonyl (C=O) groups is 2. The van der Waals surface area contributed by atoms with Gasteiger partial charge in [-0.15, -0.1) is 0 Å². The van der Waals surface area contributed by atoms with E-state index in [0.717, 1.165) is 19.3 Å². The number of para-hydroxylation sites is 1. The average Bonchev–Trinajstić information content (AvgIpc) is 3.18. The first-order valence-electron chi connectivity index (χ1n) is 13.2. The Bertz CT molecular complexity index is 1410. The number of methoxy groups -OCH3 is 3. The molecule has 2 bridgehead atoms. The number of hydrogen-bond donors (Lipinski definition) is 0. The molecule has 0 radical (unpaired) electrons. The molecule has 2 heterocycles. The van der Waals surface area contributed by atoms with Crippen molar-refractivity contribution in [2.75, 3.05) is 34.5 Å². The molecule has 39 heavy (non-hydrogen) atoms. The Morgan fingerprint density at radius 3 is 2.33 bits per heavy atom. The molecule has 2 atom stereocenters. The van der Waals surface area contributed by atoms with Crippen molar-refractivity contribution < 1.29 is 28.5 Å². The summed E-state index contributed by atoms with van der Waals surface area (Å²) in [5.74, 6) is 0.710. The SMILES string of the molecule is COc1cc(-c2cc(C(=O)OCC(=O)N3CC4(C)CC3CC(C)(C)C4)c3ccccc3n2)cc(OC)c1OC. The molecule has 5 rings (SSSR count). The van der Waals surface area contributed by atoms with Crippen LogP contribution in [0.3, 0.4) is 0 Å². The second-order valence-electron chi connectivity index (χ2n) is 11.8. The van der Waals surface area contributed by atoms with Gasteiger partial charge in [0.05, 0.1) is 38.1 Å². The van der Waals surface area contributed by atoms with Gasteiger partial charge in [0.15, 0.2) is 18.1 Å². The standard InChI is InChI=1S/C31H36N2O6/c1-30(2)14-20-15-31(3,17-30)18-33(20)27(34)16-39-29(35)22-13-24(32-23-10-8-7-9-21(22)23)19-11-25(36-4)28(38-6)26(12-19)37-5/h7-13,20H,14-18H2,1-6H3. The maximum absolute atomic E-state index is 13.4. The Kier molecular flexibility index (Phi) is 6.91. The summed E-state index contributed by atoms with van der Waals surface area (Å²) in [5, 5.41) is 0.650. The van der Waals surface area contributed by atoms with Gasteiger partial charge >= 0.3 is 5.97 Å². The van der Waals surface area contributed by atoms with Crippen LogP contribution in [-0.2, 0) is 9.53 Å². The zero-order chi connectivity index (χ0) is 27.9. The Morgan fingerprint density at radius 1 is 0.974 bits per heavy atom. The first-order chi connectivity index (χ1) is 18.6. The second-order valence-corrected chi connectivity index (χ2v) is 11.8.